The molecule has 0 aromatic rings. The van der Waals surface area contributed by atoms with Gasteiger partial charge >= 0.3 is 0 Å². The van der Waals surface area contributed by atoms with Crippen LogP contribution in [-0.4, -0.2) is 36.3 Å². The number of nitrogens with one attached hydrogen (secondary N) is 1. The molecule has 2 amide bonds. The summed E-state index contributed by atoms with van der Waals surface area (Å²) in [6.07, 6.45) is 0. The minimum Gasteiger partial charge on any atom is -0.346 e. The maximum absolute atomic E-state index is 11.6. The molecule has 17 heavy (non-hydrogen) atoms. The normalized spacial score (nSPS) is 11.8. The molecular weight excluding hydrogens is 218 g/mol. The molecule has 0 bridgehead atoms. The number of amides is 2. The molecule has 5 heteroatoms. The summed E-state index contributed by atoms with van der Waals surface area (Å²) in [6.45, 7) is 8.59. The van der Waals surface area contributed by atoms with Crippen LogP contribution in [0.2, 0.25) is 0 Å². The molecule has 0 spiro atoms. The van der Waals surface area contributed by atoms with E-state index in [-0.39, 0.29) is 24.3 Å². The van der Waals surface area contributed by atoms with E-state index in [4.69, 9.17) is 5.26 Å². The second-order valence-corrected chi connectivity index (χ2v) is 4.13. The number of hydrogen-bond acceptors (Lipinski definition) is 3. The highest BCUT2D eigenvalue weighted by molar-refractivity contribution is 5.87. The average Bonchev–Trinajstić information content (AvgIpc) is 2.28. The molecule has 0 aliphatic rings. The fraction of sp³-hybridized carbons (Fsp3) is 0.750. The number of nitrogens with zero attached hydrogens (tertiary/aromatic N) is 2. The minimum atomic E-state index is -0.695. The molecule has 1 N–H and O–H groups in total. The molecule has 0 radical (unpaired) electrons. The molecule has 96 valence electrons. The van der Waals surface area contributed by atoms with E-state index >= 15 is 0 Å². The van der Waals surface area contributed by atoms with Crippen LogP contribution in [0.25, 0.3) is 0 Å². The minimum absolute atomic E-state index is 0.0363. The number of nitriles is 1. The Morgan fingerprint density at radius 2 is 1.82 bits per heavy atom. The maximum atomic E-state index is 11.6. The third-order valence-electron chi connectivity index (χ3n) is 2.62. The zero-order chi connectivity index (χ0) is 13.4. The zero-order valence-corrected chi connectivity index (χ0v) is 11.0. The van der Waals surface area contributed by atoms with Crippen molar-refractivity contribution < 1.29 is 9.59 Å². The van der Waals surface area contributed by atoms with Crippen LogP contribution in [0.5, 0.6) is 0 Å². The Kier molecular flexibility index (Phi) is 6.95. The van der Waals surface area contributed by atoms with Gasteiger partial charge < -0.3 is 10.2 Å². The van der Waals surface area contributed by atoms with Crippen molar-refractivity contribution in [3.8, 4) is 6.07 Å². The molecule has 0 heterocycles. The molecule has 0 fully saturated rings. The lowest BCUT2D eigenvalue weighted by Crippen LogP contribution is -2.42. The van der Waals surface area contributed by atoms with Gasteiger partial charge in [0.05, 0.1) is 12.6 Å². The Balaban J connectivity index is 4.25. The Hall–Kier alpha value is -1.57. The van der Waals surface area contributed by atoms with Gasteiger partial charge in [0.25, 0.3) is 0 Å². The smallest absolute Gasteiger partial charge is 0.241 e. The summed E-state index contributed by atoms with van der Waals surface area (Å²) in [4.78, 5) is 24.9. The largest absolute Gasteiger partial charge is 0.346 e. The van der Waals surface area contributed by atoms with E-state index < -0.39 is 5.92 Å². The van der Waals surface area contributed by atoms with Crippen LogP contribution in [0, 0.1) is 23.2 Å². The van der Waals surface area contributed by atoms with E-state index in [2.05, 4.69) is 5.32 Å². The Morgan fingerprint density at radius 3 is 2.18 bits per heavy atom. The van der Waals surface area contributed by atoms with Gasteiger partial charge in [-0.1, -0.05) is 13.8 Å². The molecule has 0 aromatic carbocycles. The summed E-state index contributed by atoms with van der Waals surface area (Å²) in [5, 5.41) is 11.3. The Bertz CT molecular complexity index is 303. The summed E-state index contributed by atoms with van der Waals surface area (Å²) < 4.78 is 0. The first kappa shape index (κ1) is 15.4. The lowest BCUT2D eigenvalue weighted by molar-refractivity contribution is -0.133. The highest BCUT2D eigenvalue weighted by Gasteiger charge is 2.22. The monoisotopic (exact) mass is 239 g/mol. The molecule has 0 saturated carbocycles. The third kappa shape index (κ3) is 4.85. The van der Waals surface area contributed by atoms with Crippen LogP contribution in [-0.2, 0) is 9.59 Å². The predicted molar refractivity (Wildman–Crippen MR) is 64.9 cm³/mol. The second kappa shape index (κ2) is 7.66. The standard InChI is InChI=1S/C12H21N3O2/c1-5-15(6-2)11(16)8-14-12(17)10(7-13)9(3)4/h9-10H,5-6,8H2,1-4H3,(H,14,17). The van der Waals surface area contributed by atoms with Gasteiger partial charge in [-0.3, -0.25) is 9.59 Å². The van der Waals surface area contributed by atoms with Gasteiger partial charge in [0.15, 0.2) is 0 Å². The quantitative estimate of drug-likeness (QED) is 0.744. The van der Waals surface area contributed by atoms with Crippen LogP contribution in [0.1, 0.15) is 27.7 Å². The van der Waals surface area contributed by atoms with E-state index in [1.165, 1.54) is 0 Å². The van der Waals surface area contributed by atoms with Crippen LogP contribution < -0.4 is 5.32 Å². The van der Waals surface area contributed by atoms with Gasteiger partial charge in [0.2, 0.25) is 11.8 Å². The van der Waals surface area contributed by atoms with Crippen molar-refractivity contribution in [2.24, 2.45) is 11.8 Å². The summed E-state index contributed by atoms with van der Waals surface area (Å²) >= 11 is 0. The van der Waals surface area contributed by atoms with Crippen molar-refractivity contribution >= 4 is 11.8 Å². The predicted octanol–water partition coefficient (Wildman–Crippen LogP) is 0.767. The van der Waals surface area contributed by atoms with Crippen LogP contribution in [0.3, 0.4) is 0 Å². The fourth-order valence-electron chi connectivity index (χ4n) is 1.47. The molecule has 0 aromatic heterocycles. The highest BCUT2D eigenvalue weighted by Crippen LogP contribution is 2.08. The van der Waals surface area contributed by atoms with Crippen molar-refractivity contribution in [3.63, 3.8) is 0 Å². The fourth-order valence-corrected chi connectivity index (χ4v) is 1.47. The lowest BCUT2D eigenvalue weighted by Gasteiger charge is -2.19. The van der Waals surface area contributed by atoms with Gasteiger partial charge in [-0.25, -0.2) is 0 Å². The van der Waals surface area contributed by atoms with Crippen molar-refractivity contribution in [1.29, 1.82) is 5.26 Å². The maximum Gasteiger partial charge on any atom is 0.241 e. The van der Waals surface area contributed by atoms with Crippen LogP contribution in [0.4, 0.5) is 0 Å². The molecular formula is C12H21N3O2. The van der Waals surface area contributed by atoms with Gasteiger partial charge in [-0.15, -0.1) is 0 Å². The lowest BCUT2D eigenvalue weighted by atomic mass is 9.97. The molecule has 0 aliphatic carbocycles. The number of carbonyl (C=O) groups excluding carboxylic acids is 2. The Morgan fingerprint density at radius 1 is 1.29 bits per heavy atom. The molecule has 5 nitrogen and oxygen atoms in total. The molecule has 0 rings (SSSR count). The topological polar surface area (TPSA) is 73.2 Å². The molecule has 1 unspecified atom stereocenters. The summed E-state index contributed by atoms with van der Waals surface area (Å²) in [6, 6.07) is 1.95. The number of likely N-dealkylation sites (N-methyl/N-ethyl adjacent to an activating group) is 1. The Labute approximate surface area is 103 Å². The van der Waals surface area contributed by atoms with Crippen molar-refractivity contribution in [2.45, 2.75) is 27.7 Å². The summed E-state index contributed by atoms with van der Waals surface area (Å²) in [5.74, 6) is -1.24. The number of carbonyl (C=O) groups is 2. The van der Waals surface area contributed by atoms with E-state index in [1.807, 2.05) is 19.9 Å². The first-order chi connectivity index (χ1) is 7.97. The third-order valence-corrected chi connectivity index (χ3v) is 2.62. The second-order valence-electron chi connectivity index (χ2n) is 4.13. The summed E-state index contributed by atoms with van der Waals surface area (Å²) in [5.41, 5.74) is 0. The van der Waals surface area contributed by atoms with E-state index in [1.54, 1.807) is 18.7 Å². The SMILES string of the molecule is CCN(CC)C(=O)CNC(=O)C(C#N)C(C)C. The van der Waals surface area contributed by atoms with Gasteiger partial charge in [-0.05, 0) is 19.8 Å². The summed E-state index contributed by atoms with van der Waals surface area (Å²) in [7, 11) is 0. The number of hydrogen-bond donors (Lipinski definition) is 1. The van der Waals surface area contributed by atoms with Gasteiger partial charge in [0.1, 0.15) is 5.92 Å². The van der Waals surface area contributed by atoms with Crippen molar-refractivity contribution in [2.75, 3.05) is 19.6 Å². The van der Waals surface area contributed by atoms with Crippen molar-refractivity contribution in [1.82, 2.24) is 10.2 Å². The van der Waals surface area contributed by atoms with Crippen molar-refractivity contribution in [3.05, 3.63) is 0 Å². The first-order valence-electron chi connectivity index (χ1n) is 5.92. The van der Waals surface area contributed by atoms with Gasteiger partial charge in [-0.2, -0.15) is 5.26 Å². The zero-order valence-electron chi connectivity index (χ0n) is 11.0. The molecule has 1 atom stereocenters. The van der Waals surface area contributed by atoms with E-state index in [0.29, 0.717) is 13.1 Å². The molecule has 0 aliphatic heterocycles. The average molecular weight is 239 g/mol. The van der Waals surface area contributed by atoms with Crippen LogP contribution >= 0.6 is 0 Å². The first-order valence-corrected chi connectivity index (χ1v) is 5.92. The number of rotatable bonds is 6. The van der Waals surface area contributed by atoms with E-state index in [9.17, 15) is 9.59 Å². The molecule has 0 saturated heterocycles. The van der Waals surface area contributed by atoms with Crippen LogP contribution in [0.15, 0.2) is 0 Å². The van der Waals surface area contributed by atoms with Gasteiger partial charge in [0, 0.05) is 13.1 Å². The highest BCUT2D eigenvalue weighted by atomic mass is 16.2. The van der Waals surface area contributed by atoms with E-state index in [0.717, 1.165) is 0 Å².